The molecule has 1 atom stereocenters. The van der Waals surface area contributed by atoms with E-state index in [0.29, 0.717) is 0 Å². The van der Waals surface area contributed by atoms with E-state index in [-0.39, 0.29) is 24.2 Å². The van der Waals surface area contributed by atoms with Crippen molar-refractivity contribution in [2.24, 2.45) is 0 Å². The molecule has 0 unspecified atom stereocenters. The predicted molar refractivity (Wildman–Crippen MR) is 105 cm³/mol. The van der Waals surface area contributed by atoms with E-state index in [0.717, 1.165) is 65.0 Å². The van der Waals surface area contributed by atoms with Crippen molar-refractivity contribution >= 4 is 5.91 Å². The highest BCUT2D eigenvalue weighted by molar-refractivity contribution is 5.77. The number of nitrogens with zero attached hydrogens (tertiary/aromatic N) is 2. The normalized spacial score (nSPS) is 25.0. The van der Waals surface area contributed by atoms with Gasteiger partial charge in [-0.2, -0.15) is 0 Å². The van der Waals surface area contributed by atoms with Crippen LogP contribution in [0.25, 0.3) is 0 Å². The van der Waals surface area contributed by atoms with Crippen LogP contribution in [0.1, 0.15) is 42.4 Å². The maximum absolute atomic E-state index is 12.2. The molecule has 1 aromatic rings. The van der Waals surface area contributed by atoms with Crippen molar-refractivity contribution in [1.29, 1.82) is 0 Å². The fourth-order valence-electron chi connectivity index (χ4n) is 4.68. The van der Waals surface area contributed by atoms with Crippen LogP contribution in [0.4, 0.5) is 0 Å². The number of likely N-dealkylation sites (tertiary alicyclic amines) is 2. The second-order valence-corrected chi connectivity index (χ2v) is 8.62. The lowest BCUT2D eigenvalue weighted by Gasteiger charge is -2.53. The number of amides is 1. The molecule has 3 aliphatic heterocycles. The quantitative estimate of drug-likeness (QED) is 0.797. The average Bonchev–Trinajstić information content (AvgIpc) is 3.16. The molecule has 3 heterocycles. The molecule has 0 radical (unpaired) electrons. The third kappa shape index (κ3) is 4.36. The number of hydrogen-bond acceptors (Lipinski definition) is 4. The smallest absolute Gasteiger partial charge is 0.248 e. The number of carbonyl (C=O) groups is 1. The van der Waals surface area contributed by atoms with Gasteiger partial charge in [-0.3, -0.25) is 9.69 Å². The number of carbonyl (C=O) groups excluding carboxylic acids is 1. The Kier molecular flexibility index (Phi) is 5.53. The van der Waals surface area contributed by atoms with E-state index in [1.807, 2.05) is 4.90 Å². The van der Waals surface area contributed by atoms with Crippen molar-refractivity contribution < 1.29 is 14.3 Å². The highest BCUT2D eigenvalue weighted by atomic mass is 16.5. The van der Waals surface area contributed by atoms with Gasteiger partial charge in [0.1, 0.15) is 6.61 Å². The van der Waals surface area contributed by atoms with Crippen LogP contribution in [0, 0.1) is 13.8 Å². The summed E-state index contributed by atoms with van der Waals surface area (Å²) in [5, 5.41) is 0. The Labute approximate surface area is 162 Å². The summed E-state index contributed by atoms with van der Waals surface area (Å²) >= 11 is 0. The van der Waals surface area contributed by atoms with Crippen LogP contribution >= 0.6 is 0 Å². The van der Waals surface area contributed by atoms with Gasteiger partial charge in [0.15, 0.2) is 0 Å². The molecule has 148 valence electrons. The molecular formula is C22H32N2O3. The Bertz CT molecular complexity index is 678. The van der Waals surface area contributed by atoms with Crippen molar-refractivity contribution in [3.05, 3.63) is 34.9 Å². The molecule has 5 heteroatoms. The maximum Gasteiger partial charge on any atom is 0.248 e. The first kappa shape index (κ1) is 18.9. The molecule has 5 nitrogen and oxygen atoms in total. The molecule has 27 heavy (non-hydrogen) atoms. The van der Waals surface area contributed by atoms with Crippen LogP contribution in [-0.4, -0.2) is 66.8 Å². The third-order valence-electron chi connectivity index (χ3n) is 6.27. The Morgan fingerprint density at radius 3 is 2.81 bits per heavy atom. The van der Waals surface area contributed by atoms with Crippen LogP contribution in [-0.2, 0) is 20.8 Å². The Morgan fingerprint density at radius 1 is 1.26 bits per heavy atom. The minimum atomic E-state index is -0.0721. The average molecular weight is 373 g/mol. The lowest BCUT2D eigenvalue weighted by molar-refractivity contribution is -0.200. The topological polar surface area (TPSA) is 42.0 Å². The SMILES string of the molecule is Cc1ccc(C)c(CN2CC3(C[C@@H](OCC(=O)N4CCCC4)CCO3)C2)c1. The number of hydrogen-bond donors (Lipinski definition) is 0. The third-order valence-corrected chi connectivity index (χ3v) is 6.27. The summed E-state index contributed by atoms with van der Waals surface area (Å²) in [7, 11) is 0. The number of ether oxygens (including phenoxy) is 2. The van der Waals surface area contributed by atoms with Crippen LogP contribution in [0.15, 0.2) is 18.2 Å². The molecule has 0 saturated carbocycles. The molecule has 0 aromatic heterocycles. The zero-order chi connectivity index (χ0) is 18.9. The van der Waals surface area contributed by atoms with Gasteiger partial charge in [-0.1, -0.05) is 23.8 Å². The molecule has 1 spiro atoms. The van der Waals surface area contributed by atoms with Gasteiger partial charge in [0.05, 0.1) is 11.7 Å². The maximum atomic E-state index is 12.2. The molecule has 3 fully saturated rings. The molecule has 4 rings (SSSR count). The summed E-state index contributed by atoms with van der Waals surface area (Å²) < 4.78 is 12.1. The molecule has 3 saturated heterocycles. The molecular weight excluding hydrogens is 340 g/mol. The summed E-state index contributed by atoms with van der Waals surface area (Å²) in [4.78, 5) is 16.6. The van der Waals surface area contributed by atoms with E-state index in [1.54, 1.807) is 0 Å². The first-order chi connectivity index (χ1) is 13.0. The van der Waals surface area contributed by atoms with E-state index in [2.05, 4.69) is 36.9 Å². The second kappa shape index (κ2) is 7.90. The van der Waals surface area contributed by atoms with Gasteiger partial charge in [0.25, 0.3) is 0 Å². The number of aryl methyl sites for hydroxylation is 2. The fraction of sp³-hybridized carbons (Fsp3) is 0.682. The van der Waals surface area contributed by atoms with Gasteiger partial charge in [-0.05, 0) is 44.2 Å². The highest BCUT2D eigenvalue weighted by Crippen LogP contribution is 2.36. The minimum Gasteiger partial charge on any atom is -0.372 e. The van der Waals surface area contributed by atoms with E-state index in [1.165, 1.54) is 16.7 Å². The van der Waals surface area contributed by atoms with Crippen LogP contribution < -0.4 is 0 Å². The zero-order valence-electron chi connectivity index (χ0n) is 16.7. The van der Waals surface area contributed by atoms with E-state index in [4.69, 9.17) is 9.47 Å². The van der Waals surface area contributed by atoms with Gasteiger partial charge >= 0.3 is 0 Å². The van der Waals surface area contributed by atoms with Crippen molar-refractivity contribution in [3.63, 3.8) is 0 Å². The summed E-state index contributed by atoms with van der Waals surface area (Å²) in [6.07, 6.45) is 4.20. The molecule has 3 aliphatic rings. The monoisotopic (exact) mass is 372 g/mol. The van der Waals surface area contributed by atoms with Crippen molar-refractivity contribution in [2.75, 3.05) is 39.4 Å². The van der Waals surface area contributed by atoms with Crippen molar-refractivity contribution in [3.8, 4) is 0 Å². The number of rotatable bonds is 5. The van der Waals surface area contributed by atoms with Crippen LogP contribution in [0.5, 0.6) is 0 Å². The Hall–Kier alpha value is -1.43. The molecule has 1 aromatic carbocycles. The molecule has 0 N–H and O–H groups in total. The minimum absolute atomic E-state index is 0.0721. The van der Waals surface area contributed by atoms with Crippen LogP contribution in [0.3, 0.4) is 0 Å². The highest BCUT2D eigenvalue weighted by Gasteiger charge is 2.47. The Morgan fingerprint density at radius 2 is 2.04 bits per heavy atom. The molecule has 0 bridgehead atoms. The standard InChI is InChI=1S/C22H32N2O3/c1-17-5-6-18(2)19(11-17)13-23-15-22(16-23)12-20(7-10-27-22)26-14-21(25)24-8-3-4-9-24/h5-6,11,20H,3-4,7-10,12-16H2,1-2H3/t20-/m0/s1. The zero-order valence-corrected chi connectivity index (χ0v) is 16.7. The van der Waals surface area contributed by atoms with Gasteiger partial charge in [0, 0.05) is 45.8 Å². The first-order valence-corrected chi connectivity index (χ1v) is 10.3. The van der Waals surface area contributed by atoms with Gasteiger partial charge < -0.3 is 14.4 Å². The van der Waals surface area contributed by atoms with E-state index in [9.17, 15) is 4.79 Å². The van der Waals surface area contributed by atoms with Crippen LogP contribution in [0.2, 0.25) is 0 Å². The van der Waals surface area contributed by atoms with Crippen molar-refractivity contribution in [1.82, 2.24) is 9.80 Å². The summed E-state index contributed by atoms with van der Waals surface area (Å²) in [5.41, 5.74) is 4.01. The first-order valence-electron chi connectivity index (χ1n) is 10.3. The Balaban J connectivity index is 1.25. The second-order valence-electron chi connectivity index (χ2n) is 8.62. The number of benzene rings is 1. The fourth-order valence-corrected chi connectivity index (χ4v) is 4.68. The van der Waals surface area contributed by atoms with E-state index >= 15 is 0 Å². The van der Waals surface area contributed by atoms with E-state index < -0.39 is 0 Å². The largest absolute Gasteiger partial charge is 0.372 e. The van der Waals surface area contributed by atoms with Crippen molar-refractivity contribution in [2.45, 2.75) is 57.8 Å². The van der Waals surface area contributed by atoms with Gasteiger partial charge in [-0.25, -0.2) is 0 Å². The summed E-state index contributed by atoms with van der Waals surface area (Å²) in [6, 6.07) is 6.67. The molecule has 0 aliphatic carbocycles. The lowest BCUT2D eigenvalue weighted by Crippen LogP contribution is -2.65. The lowest BCUT2D eigenvalue weighted by atomic mass is 9.84. The summed E-state index contributed by atoms with van der Waals surface area (Å²) in [5.74, 6) is 0.151. The predicted octanol–water partition coefficient (Wildman–Crippen LogP) is 2.68. The van der Waals surface area contributed by atoms with Gasteiger partial charge in [0.2, 0.25) is 5.91 Å². The molecule has 1 amide bonds. The summed E-state index contributed by atoms with van der Waals surface area (Å²) in [6.45, 7) is 9.99. The van der Waals surface area contributed by atoms with Gasteiger partial charge in [-0.15, -0.1) is 0 Å².